The molecule has 0 heterocycles. The Hall–Kier alpha value is -1.12. The number of halogens is 1. The fourth-order valence-electron chi connectivity index (χ4n) is 2.36. The highest BCUT2D eigenvalue weighted by molar-refractivity contribution is 6.43. The zero-order valence-corrected chi connectivity index (χ0v) is 14.8. The molecule has 6 nitrogen and oxygen atoms in total. The molecule has 0 unspecified atom stereocenters. The summed E-state index contributed by atoms with van der Waals surface area (Å²) < 4.78 is 0. The summed E-state index contributed by atoms with van der Waals surface area (Å²) in [5.41, 5.74) is 12.3. The second kappa shape index (κ2) is 13.2. The second-order valence-corrected chi connectivity index (χ2v) is 5.83. The smallest absolute Gasteiger partial charge is 0.427 e. The van der Waals surface area contributed by atoms with Crippen molar-refractivity contribution in [3.05, 3.63) is 35.9 Å². The number of carbonyl (C=O) groups is 1. The molecule has 0 fully saturated rings. The van der Waals surface area contributed by atoms with E-state index < -0.39 is 19.0 Å². The number of unbranched alkanes of at least 4 members (excludes halogenated alkanes) is 1. The van der Waals surface area contributed by atoms with Crippen LogP contribution in [0.15, 0.2) is 30.3 Å². The number of aryl methyl sites for hydroxylation is 1. The molecule has 0 aliphatic rings. The Morgan fingerprint density at radius 1 is 1.17 bits per heavy atom. The zero-order chi connectivity index (χ0) is 17.1. The summed E-state index contributed by atoms with van der Waals surface area (Å²) in [7, 11) is -1.47. The summed E-state index contributed by atoms with van der Waals surface area (Å²) in [6.07, 6.45) is 3.53. The van der Waals surface area contributed by atoms with Crippen molar-refractivity contribution < 1.29 is 14.8 Å². The molecule has 0 aliphatic heterocycles. The highest BCUT2D eigenvalue weighted by Crippen LogP contribution is 2.16. The number of carbonyl (C=O) groups excluding carboxylic acids is 1. The van der Waals surface area contributed by atoms with E-state index in [-0.39, 0.29) is 24.9 Å². The van der Waals surface area contributed by atoms with Crippen molar-refractivity contribution in [1.29, 1.82) is 0 Å². The summed E-state index contributed by atoms with van der Waals surface area (Å²) in [4.78, 5) is 11.9. The van der Waals surface area contributed by atoms with Crippen LogP contribution < -0.4 is 16.8 Å². The summed E-state index contributed by atoms with van der Waals surface area (Å²) in [6, 6.07) is 9.24. The largest absolute Gasteiger partial charge is 0.456 e. The highest BCUT2D eigenvalue weighted by Gasteiger charge is 2.24. The van der Waals surface area contributed by atoms with Crippen LogP contribution in [-0.4, -0.2) is 42.2 Å². The van der Waals surface area contributed by atoms with Crippen molar-refractivity contribution in [2.45, 2.75) is 44.0 Å². The third-order valence-electron chi connectivity index (χ3n) is 3.91. The molecule has 1 rings (SSSR count). The Labute approximate surface area is 150 Å². The van der Waals surface area contributed by atoms with Crippen molar-refractivity contribution in [3.63, 3.8) is 0 Å². The molecular formula is C16H29BClN3O3. The first kappa shape index (κ1) is 22.9. The van der Waals surface area contributed by atoms with Crippen molar-refractivity contribution in [2.24, 2.45) is 11.5 Å². The van der Waals surface area contributed by atoms with Gasteiger partial charge in [0.05, 0.1) is 6.04 Å². The Morgan fingerprint density at radius 2 is 1.83 bits per heavy atom. The molecule has 136 valence electrons. The van der Waals surface area contributed by atoms with Crippen LogP contribution in [0.3, 0.4) is 0 Å². The van der Waals surface area contributed by atoms with Gasteiger partial charge in [-0.05, 0) is 37.8 Å². The maximum Gasteiger partial charge on any atom is 0.456 e. The Morgan fingerprint density at radius 3 is 2.42 bits per heavy atom. The maximum atomic E-state index is 11.9. The van der Waals surface area contributed by atoms with Gasteiger partial charge in [-0.25, -0.2) is 0 Å². The number of hydrogen-bond acceptors (Lipinski definition) is 5. The first-order valence-corrected chi connectivity index (χ1v) is 8.18. The van der Waals surface area contributed by atoms with Crippen LogP contribution in [0.5, 0.6) is 0 Å². The first-order valence-electron chi connectivity index (χ1n) is 8.18. The van der Waals surface area contributed by atoms with Crippen LogP contribution in [0, 0.1) is 0 Å². The van der Waals surface area contributed by atoms with Crippen LogP contribution >= 0.6 is 12.4 Å². The van der Waals surface area contributed by atoms with Gasteiger partial charge in [-0.1, -0.05) is 36.8 Å². The van der Waals surface area contributed by atoms with Gasteiger partial charge in [0, 0.05) is 12.4 Å². The van der Waals surface area contributed by atoms with Gasteiger partial charge in [0.1, 0.15) is 0 Å². The minimum Gasteiger partial charge on any atom is -0.427 e. The van der Waals surface area contributed by atoms with E-state index in [1.54, 1.807) is 0 Å². The molecule has 0 bridgehead atoms. The first-order chi connectivity index (χ1) is 11.0. The number of hydrogen-bond donors (Lipinski definition) is 5. The molecule has 0 aliphatic carbocycles. The van der Waals surface area contributed by atoms with E-state index in [2.05, 4.69) is 5.32 Å². The molecule has 0 saturated carbocycles. The van der Waals surface area contributed by atoms with E-state index in [1.807, 2.05) is 30.3 Å². The van der Waals surface area contributed by atoms with Crippen LogP contribution in [0.4, 0.5) is 0 Å². The van der Waals surface area contributed by atoms with Gasteiger partial charge in [0.25, 0.3) is 0 Å². The number of nitrogens with two attached hydrogens (primary N) is 2. The normalized spacial score (nSPS) is 12.8. The molecule has 1 aromatic rings. The Kier molecular flexibility index (Phi) is 12.6. The molecule has 0 aromatic heterocycles. The fraction of sp³-hybridized carbons (Fsp3) is 0.562. The van der Waals surface area contributed by atoms with E-state index in [1.165, 1.54) is 0 Å². The van der Waals surface area contributed by atoms with Crippen molar-refractivity contribution >= 4 is 25.4 Å². The van der Waals surface area contributed by atoms with Crippen molar-refractivity contribution in [3.8, 4) is 0 Å². The molecule has 0 radical (unpaired) electrons. The third-order valence-corrected chi connectivity index (χ3v) is 3.91. The van der Waals surface area contributed by atoms with Crippen molar-refractivity contribution in [1.82, 2.24) is 5.32 Å². The maximum absolute atomic E-state index is 11.9. The van der Waals surface area contributed by atoms with Crippen LogP contribution in [0.1, 0.15) is 31.2 Å². The van der Waals surface area contributed by atoms with Gasteiger partial charge >= 0.3 is 7.12 Å². The number of benzene rings is 1. The average Bonchev–Trinajstić information content (AvgIpc) is 2.55. The Bertz CT molecular complexity index is 451. The van der Waals surface area contributed by atoms with Gasteiger partial charge in [-0.2, -0.15) is 0 Å². The van der Waals surface area contributed by atoms with Crippen LogP contribution in [-0.2, 0) is 11.2 Å². The fourth-order valence-corrected chi connectivity index (χ4v) is 2.36. The monoisotopic (exact) mass is 357 g/mol. The molecule has 0 saturated heterocycles. The second-order valence-electron chi connectivity index (χ2n) is 5.83. The van der Waals surface area contributed by atoms with E-state index in [0.717, 1.165) is 24.8 Å². The summed E-state index contributed by atoms with van der Waals surface area (Å²) >= 11 is 0. The van der Waals surface area contributed by atoms with Crippen LogP contribution in [0.2, 0.25) is 5.82 Å². The Balaban J connectivity index is 0.00000529. The molecule has 7 N–H and O–H groups in total. The number of rotatable bonds is 11. The number of nitrogens with one attached hydrogen (secondary N) is 1. The lowest BCUT2D eigenvalue weighted by molar-refractivity contribution is -0.122. The molecule has 0 spiro atoms. The minimum absolute atomic E-state index is 0. The molecule has 24 heavy (non-hydrogen) atoms. The molecule has 1 amide bonds. The van der Waals surface area contributed by atoms with Crippen molar-refractivity contribution in [2.75, 3.05) is 13.1 Å². The topological polar surface area (TPSA) is 122 Å². The van der Waals surface area contributed by atoms with Gasteiger partial charge in [0.2, 0.25) is 5.91 Å². The van der Waals surface area contributed by atoms with Gasteiger partial charge in [0.15, 0.2) is 0 Å². The lowest BCUT2D eigenvalue weighted by atomic mass is 9.70. The minimum atomic E-state index is -1.47. The predicted molar refractivity (Wildman–Crippen MR) is 99.8 cm³/mol. The van der Waals surface area contributed by atoms with Gasteiger partial charge < -0.3 is 26.8 Å². The van der Waals surface area contributed by atoms with Gasteiger partial charge in [-0.3, -0.25) is 4.79 Å². The summed E-state index contributed by atoms with van der Waals surface area (Å²) in [6.45, 7) is 0.792. The third kappa shape index (κ3) is 9.25. The average molecular weight is 358 g/mol. The van der Waals surface area contributed by atoms with E-state index >= 15 is 0 Å². The SMILES string of the molecule is Cl.NCCCC[C@H](N)C(=O)NC[C@@H](CCc1ccccc1)B(O)O. The van der Waals surface area contributed by atoms with E-state index in [4.69, 9.17) is 11.5 Å². The predicted octanol–water partition coefficient (Wildman–Crippen LogP) is 0.456. The van der Waals surface area contributed by atoms with Crippen LogP contribution in [0.25, 0.3) is 0 Å². The lowest BCUT2D eigenvalue weighted by Crippen LogP contribution is -2.43. The zero-order valence-electron chi connectivity index (χ0n) is 13.9. The molecular weight excluding hydrogens is 328 g/mol. The van der Waals surface area contributed by atoms with Gasteiger partial charge in [-0.15, -0.1) is 12.4 Å². The molecule has 8 heteroatoms. The van der Waals surface area contributed by atoms with E-state index in [9.17, 15) is 14.8 Å². The summed E-state index contributed by atoms with van der Waals surface area (Å²) in [5, 5.41) is 21.7. The summed E-state index contributed by atoms with van der Waals surface area (Å²) in [5.74, 6) is -0.678. The standard InChI is InChI=1S/C16H28BN3O3.ClH/c18-11-5-4-8-15(19)16(21)20-12-14(17(22)23)10-9-13-6-2-1-3-7-13;/h1-3,6-7,14-15,22-23H,4-5,8-12,18-19H2,(H,20,21);1H/t14-,15+;/m1./s1. The number of amides is 1. The highest BCUT2D eigenvalue weighted by atomic mass is 35.5. The lowest BCUT2D eigenvalue weighted by Gasteiger charge is -2.18. The molecule has 2 atom stereocenters. The molecule has 1 aromatic carbocycles. The quantitative estimate of drug-likeness (QED) is 0.291. The van der Waals surface area contributed by atoms with E-state index in [0.29, 0.717) is 19.4 Å².